The lowest BCUT2D eigenvalue weighted by atomic mass is 10.0. The molecule has 1 N–H and O–H groups in total. The largest absolute Gasteiger partial charge is 0.382 e. The normalized spacial score (nSPS) is 12.4. The topological polar surface area (TPSA) is 29.1 Å². The summed E-state index contributed by atoms with van der Waals surface area (Å²) in [5.41, 5.74) is 4.15. The molecule has 1 atom stereocenters. The molecule has 0 aliphatic heterocycles. The summed E-state index contributed by atoms with van der Waals surface area (Å²) in [6.07, 6.45) is 3.43. The third kappa shape index (κ3) is 5.68. The van der Waals surface area contributed by atoms with Gasteiger partial charge in [-0.15, -0.1) is 0 Å². The molecule has 2 heteroatoms. The number of carbonyl (C=O) groups is 1. The van der Waals surface area contributed by atoms with Crippen molar-refractivity contribution in [3.8, 4) is 0 Å². The van der Waals surface area contributed by atoms with Gasteiger partial charge in [0, 0.05) is 23.4 Å². The molecule has 3 rings (SSSR count). The highest BCUT2D eigenvalue weighted by Crippen LogP contribution is 2.17. The Labute approximate surface area is 161 Å². The molecular weight excluding hydrogens is 330 g/mol. The van der Waals surface area contributed by atoms with Crippen LogP contribution in [0.5, 0.6) is 0 Å². The van der Waals surface area contributed by atoms with Crippen LogP contribution in [0.25, 0.3) is 0 Å². The Morgan fingerprint density at radius 2 is 1.41 bits per heavy atom. The van der Waals surface area contributed by atoms with Crippen LogP contribution in [-0.2, 0) is 6.42 Å². The standard InChI is InChI=1S/C25H25NO/c1-20(22-13-7-3-8-14-22)26-24(18-17-21-11-5-2-6-12-21)19-25(27)23-15-9-4-10-16-23/h2-16,19-20,26H,17-18H2,1H3/b24-19-/t20-/m1/s1. The molecule has 136 valence electrons. The third-order valence-electron chi connectivity index (χ3n) is 4.59. The van der Waals surface area contributed by atoms with Crippen LogP contribution in [0.1, 0.15) is 40.9 Å². The van der Waals surface area contributed by atoms with E-state index in [1.807, 2.05) is 66.7 Å². The summed E-state index contributed by atoms with van der Waals surface area (Å²) >= 11 is 0. The second-order valence-corrected chi connectivity index (χ2v) is 6.66. The molecule has 2 nitrogen and oxygen atoms in total. The molecule has 0 heterocycles. The lowest BCUT2D eigenvalue weighted by Crippen LogP contribution is -2.19. The van der Waals surface area contributed by atoms with Crippen LogP contribution in [0.15, 0.2) is 103 Å². The van der Waals surface area contributed by atoms with E-state index in [9.17, 15) is 4.79 Å². The highest BCUT2D eigenvalue weighted by molar-refractivity contribution is 6.04. The maximum atomic E-state index is 12.7. The molecule has 0 saturated carbocycles. The van der Waals surface area contributed by atoms with Crippen LogP contribution >= 0.6 is 0 Å². The highest BCUT2D eigenvalue weighted by atomic mass is 16.1. The number of carbonyl (C=O) groups excluding carboxylic acids is 1. The zero-order valence-corrected chi connectivity index (χ0v) is 15.6. The van der Waals surface area contributed by atoms with E-state index in [-0.39, 0.29) is 11.8 Å². The molecule has 0 aromatic heterocycles. The molecule has 3 aromatic rings. The van der Waals surface area contributed by atoms with Gasteiger partial charge in [0.15, 0.2) is 5.78 Å². The maximum absolute atomic E-state index is 12.7. The van der Waals surface area contributed by atoms with Crippen molar-refractivity contribution in [1.29, 1.82) is 0 Å². The monoisotopic (exact) mass is 355 g/mol. The minimum absolute atomic E-state index is 0.0337. The molecule has 0 aliphatic carbocycles. The van der Waals surface area contributed by atoms with Gasteiger partial charge in [-0.1, -0.05) is 91.0 Å². The maximum Gasteiger partial charge on any atom is 0.187 e. The predicted octanol–water partition coefficient (Wildman–Crippen LogP) is 5.74. The Hall–Kier alpha value is -3.13. The van der Waals surface area contributed by atoms with Crippen molar-refractivity contribution in [3.63, 3.8) is 0 Å². The smallest absolute Gasteiger partial charge is 0.187 e. The zero-order chi connectivity index (χ0) is 18.9. The SMILES string of the molecule is C[C@@H](N/C(=C\C(=O)c1ccccc1)CCc1ccccc1)c1ccccc1. The lowest BCUT2D eigenvalue weighted by molar-refractivity contribution is 0.104. The molecule has 0 spiro atoms. The van der Waals surface area contributed by atoms with Crippen LogP contribution in [-0.4, -0.2) is 5.78 Å². The first-order valence-electron chi connectivity index (χ1n) is 9.38. The summed E-state index contributed by atoms with van der Waals surface area (Å²) < 4.78 is 0. The molecular formula is C25H25NO. The third-order valence-corrected chi connectivity index (χ3v) is 4.59. The van der Waals surface area contributed by atoms with Crippen molar-refractivity contribution in [2.75, 3.05) is 0 Å². The predicted molar refractivity (Wildman–Crippen MR) is 112 cm³/mol. The minimum atomic E-state index is 0.0337. The van der Waals surface area contributed by atoms with Gasteiger partial charge in [-0.2, -0.15) is 0 Å². The molecule has 0 fully saturated rings. The van der Waals surface area contributed by atoms with E-state index in [1.165, 1.54) is 11.1 Å². The second-order valence-electron chi connectivity index (χ2n) is 6.66. The average Bonchev–Trinajstić information content (AvgIpc) is 2.74. The van der Waals surface area contributed by atoms with Gasteiger partial charge in [-0.05, 0) is 30.9 Å². The van der Waals surface area contributed by atoms with Crippen molar-refractivity contribution in [1.82, 2.24) is 5.32 Å². The van der Waals surface area contributed by atoms with Crippen LogP contribution in [0.3, 0.4) is 0 Å². The Balaban J connectivity index is 1.77. The van der Waals surface area contributed by atoms with E-state index in [4.69, 9.17) is 0 Å². The van der Waals surface area contributed by atoms with Crippen LogP contribution in [0.2, 0.25) is 0 Å². The summed E-state index contributed by atoms with van der Waals surface area (Å²) in [6, 6.07) is 30.2. The van der Waals surface area contributed by atoms with Crippen molar-refractivity contribution < 1.29 is 4.79 Å². The molecule has 0 radical (unpaired) electrons. The summed E-state index contributed by atoms with van der Waals surface area (Å²) in [5, 5.41) is 3.54. The summed E-state index contributed by atoms with van der Waals surface area (Å²) in [6.45, 7) is 2.12. The number of aryl methyl sites for hydroxylation is 1. The van der Waals surface area contributed by atoms with Gasteiger partial charge in [0.05, 0.1) is 0 Å². The van der Waals surface area contributed by atoms with Crippen molar-refractivity contribution in [2.45, 2.75) is 25.8 Å². The molecule has 3 aromatic carbocycles. The van der Waals surface area contributed by atoms with Gasteiger partial charge in [-0.3, -0.25) is 4.79 Å². The summed E-state index contributed by atoms with van der Waals surface area (Å²) in [7, 11) is 0. The highest BCUT2D eigenvalue weighted by Gasteiger charge is 2.10. The van der Waals surface area contributed by atoms with Crippen LogP contribution in [0, 0.1) is 0 Å². The molecule has 0 bridgehead atoms. The van der Waals surface area contributed by atoms with Gasteiger partial charge in [0.2, 0.25) is 0 Å². The van der Waals surface area contributed by atoms with Gasteiger partial charge >= 0.3 is 0 Å². The van der Waals surface area contributed by atoms with Gasteiger partial charge < -0.3 is 5.32 Å². The Morgan fingerprint density at radius 3 is 2.04 bits per heavy atom. The van der Waals surface area contributed by atoms with E-state index in [1.54, 1.807) is 6.08 Å². The molecule has 0 aliphatic rings. The fourth-order valence-electron chi connectivity index (χ4n) is 3.06. The quantitative estimate of drug-likeness (QED) is 0.412. The van der Waals surface area contributed by atoms with E-state index in [0.29, 0.717) is 5.56 Å². The van der Waals surface area contributed by atoms with Crippen molar-refractivity contribution in [2.24, 2.45) is 0 Å². The summed E-state index contributed by atoms with van der Waals surface area (Å²) in [5.74, 6) is 0.0337. The number of nitrogens with one attached hydrogen (secondary N) is 1. The van der Waals surface area contributed by atoms with Gasteiger partial charge in [0.1, 0.15) is 0 Å². The Morgan fingerprint density at radius 1 is 0.852 bits per heavy atom. The first-order valence-corrected chi connectivity index (χ1v) is 9.38. The number of allylic oxidation sites excluding steroid dienone is 2. The van der Waals surface area contributed by atoms with Crippen LogP contribution < -0.4 is 5.32 Å². The van der Waals surface area contributed by atoms with Crippen LogP contribution in [0.4, 0.5) is 0 Å². The minimum Gasteiger partial charge on any atom is -0.382 e. The molecule has 0 amide bonds. The molecule has 27 heavy (non-hydrogen) atoms. The van der Waals surface area contributed by atoms with E-state index >= 15 is 0 Å². The van der Waals surface area contributed by atoms with E-state index in [2.05, 4.69) is 36.5 Å². The Kier molecular flexibility index (Phi) is 6.59. The second kappa shape index (κ2) is 9.54. The first kappa shape index (κ1) is 18.7. The lowest BCUT2D eigenvalue weighted by Gasteiger charge is -2.19. The first-order chi connectivity index (χ1) is 13.2. The van der Waals surface area contributed by atoms with Crippen molar-refractivity contribution >= 4 is 5.78 Å². The average molecular weight is 355 g/mol. The zero-order valence-electron chi connectivity index (χ0n) is 15.6. The fraction of sp³-hybridized carbons (Fsp3) is 0.160. The molecule has 0 unspecified atom stereocenters. The van der Waals surface area contributed by atoms with Gasteiger partial charge in [0.25, 0.3) is 0 Å². The van der Waals surface area contributed by atoms with E-state index < -0.39 is 0 Å². The number of hydrogen-bond acceptors (Lipinski definition) is 2. The van der Waals surface area contributed by atoms with E-state index in [0.717, 1.165) is 18.5 Å². The molecule has 0 saturated heterocycles. The number of benzene rings is 3. The number of rotatable bonds is 8. The summed E-state index contributed by atoms with van der Waals surface area (Å²) in [4.78, 5) is 12.7. The fourth-order valence-corrected chi connectivity index (χ4v) is 3.06. The Bertz CT molecular complexity index is 870. The number of ketones is 1. The van der Waals surface area contributed by atoms with Gasteiger partial charge in [-0.25, -0.2) is 0 Å². The van der Waals surface area contributed by atoms with Crippen molar-refractivity contribution in [3.05, 3.63) is 119 Å². The number of hydrogen-bond donors (Lipinski definition) is 1.